The molecular formula is C21H36S5. The van der Waals surface area contributed by atoms with Crippen molar-refractivity contribution < 1.29 is 0 Å². The normalized spacial score (nSPS) is 33.0. The molecule has 4 fully saturated rings. The van der Waals surface area contributed by atoms with Crippen LogP contribution in [0.1, 0.15) is 51.4 Å². The van der Waals surface area contributed by atoms with E-state index in [2.05, 4.69) is 58.8 Å². The van der Waals surface area contributed by atoms with E-state index in [0.717, 1.165) is 33.5 Å². The molecule has 0 nitrogen and oxygen atoms in total. The van der Waals surface area contributed by atoms with Crippen LogP contribution in [-0.4, -0.2) is 56.0 Å². The Morgan fingerprint density at radius 3 is 2.04 bits per heavy atom. The highest BCUT2D eigenvalue weighted by Gasteiger charge is 2.28. The van der Waals surface area contributed by atoms with Crippen LogP contribution in [-0.2, 0) is 0 Å². The summed E-state index contributed by atoms with van der Waals surface area (Å²) < 4.78 is 0. The molecule has 0 aromatic rings. The summed E-state index contributed by atoms with van der Waals surface area (Å²) >= 11 is 11.5. The van der Waals surface area contributed by atoms with Gasteiger partial charge in [0.1, 0.15) is 0 Å². The van der Waals surface area contributed by atoms with Crippen LogP contribution in [0.15, 0.2) is 0 Å². The topological polar surface area (TPSA) is 0 Å². The van der Waals surface area contributed by atoms with E-state index < -0.39 is 0 Å². The molecule has 1 aliphatic heterocycles. The second-order valence-electron chi connectivity index (χ2n) is 8.83. The maximum atomic E-state index is 2.34. The van der Waals surface area contributed by atoms with Crippen LogP contribution in [0.5, 0.6) is 0 Å². The van der Waals surface area contributed by atoms with Crippen LogP contribution in [0.25, 0.3) is 0 Å². The first-order valence-corrected chi connectivity index (χ1v) is 16.3. The fourth-order valence-corrected chi connectivity index (χ4v) is 11.2. The molecular weight excluding hydrogens is 413 g/mol. The SMILES string of the molecule is C(CC1CSC(CSCC2CC2)CC(SCC2CC2)CS1)SCC1CC1. The Hall–Kier alpha value is 1.75. The van der Waals surface area contributed by atoms with Crippen molar-refractivity contribution in [2.75, 3.05) is 40.3 Å². The average Bonchev–Trinajstić information content (AvgIpc) is 3.44. The summed E-state index contributed by atoms with van der Waals surface area (Å²) in [5.41, 5.74) is 0. The molecule has 150 valence electrons. The van der Waals surface area contributed by atoms with E-state index in [9.17, 15) is 0 Å². The van der Waals surface area contributed by atoms with E-state index in [1.165, 1.54) is 91.6 Å². The van der Waals surface area contributed by atoms with Crippen molar-refractivity contribution in [3.8, 4) is 0 Å². The molecule has 3 atom stereocenters. The van der Waals surface area contributed by atoms with Gasteiger partial charge in [-0.2, -0.15) is 58.8 Å². The lowest BCUT2D eigenvalue weighted by Crippen LogP contribution is -2.25. The van der Waals surface area contributed by atoms with Crippen LogP contribution in [0.4, 0.5) is 0 Å². The summed E-state index contributed by atoms with van der Waals surface area (Å²) in [5, 5.41) is 2.78. The molecule has 0 amide bonds. The number of hydrogen-bond acceptors (Lipinski definition) is 5. The second kappa shape index (κ2) is 11.2. The van der Waals surface area contributed by atoms with Gasteiger partial charge in [-0.05, 0) is 92.1 Å². The Bertz CT molecular complexity index is 405. The van der Waals surface area contributed by atoms with E-state index in [1.54, 1.807) is 0 Å². The van der Waals surface area contributed by atoms with E-state index in [-0.39, 0.29) is 0 Å². The molecule has 4 rings (SSSR count). The Kier molecular flexibility index (Phi) is 9.07. The molecule has 26 heavy (non-hydrogen) atoms. The zero-order valence-corrected chi connectivity index (χ0v) is 20.2. The monoisotopic (exact) mass is 448 g/mol. The first kappa shape index (κ1) is 21.0. The maximum absolute atomic E-state index is 2.34. The first-order chi connectivity index (χ1) is 12.8. The van der Waals surface area contributed by atoms with Crippen LogP contribution < -0.4 is 0 Å². The minimum absolute atomic E-state index is 0.923. The molecule has 1 saturated heterocycles. The largest absolute Gasteiger partial charge is 0.162 e. The van der Waals surface area contributed by atoms with Gasteiger partial charge >= 0.3 is 0 Å². The highest BCUT2D eigenvalue weighted by atomic mass is 32.2. The number of hydrogen-bond donors (Lipinski definition) is 0. The van der Waals surface area contributed by atoms with Crippen molar-refractivity contribution in [2.45, 2.75) is 67.1 Å². The third-order valence-corrected chi connectivity index (χ3v) is 13.4. The molecule has 0 spiro atoms. The first-order valence-electron chi connectivity index (χ1n) is 10.9. The van der Waals surface area contributed by atoms with Crippen molar-refractivity contribution in [2.24, 2.45) is 17.8 Å². The van der Waals surface area contributed by atoms with Crippen molar-refractivity contribution >= 4 is 58.8 Å². The van der Waals surface area contributed by atoms with Gasteiger partial charge < -0.3 is 0 Å². The third-order valence-electron chi connectivity index (χ3n) is 5.81. The molecule has 4 aliphatic rings. The second-order valence-corrected chi connectivity index (χ2v) is 15.1. The zero-order chi connectivity index (χ0) is 17.6. The van der Waals surface area contributed by atoms with Gasteiger partial charge in [-0.1, -0.05) is 0 Å². The van der Waals surface area contributed by atoms with Gasteiger partial charge in [0.15, 0.2) is 0 Å². The Labute approximate surface area is 183 Å². The highest BCUT2D eigenvalue weighted by Crippen LogP contribution is 2.40. The molecule has 5 heteroatoms. The molecule has 0 aromatic carbocycles. The van der Waals surface area contributed by atoms with Gasteiger partial charge in [0, 0.05) is 33.0 Å². The van der Waals surface area contributed by atoms with Gasteiger partial charge in [-0.3, -0.25) is 0 Å². The lowest BCUT2D eigenvalue weighted by Gasteiger charge is -2.29. The molecule has 0 N–H and O–H groups in total. The lowest BCUT2D eigenvalue weighted by molar-refractivity contribution is 0.797. The fraction of sp³-hybridized carbons (Fsp3) is 1.00. The van der Waals surface area contributed by atoms with E-state index in [0.29, 0.717) is 0 Å². The van der Waals surface area contributed by atoms with Crippen LogP contribution in [0, 0.1) is 17.8 Å². The third kappa shape index (κ3) is 8.63. The smallest absolute Gasteiger partial charge is 0.0149 e. The van der Waals surface area contributed by atoms with E-state index >= 15 is 0 Å². The minimum Gasteiger partial charge on any atom is -0.162 e. The summed E-state index contributed by atoms with van der Waals surface area (Å²) in [6.45, 7) is 0. The number of thioether (sulfide) groups is 5. The van der Waals surface area contributed by atoms with Crippen molar-refractivity contribution in [3.05, 3.63) is 0 Å². The summed E-state index contributed by atoms with van der Waals surface area (Å²) in [6, 6.07) is 0. The molecule has 0 radical (unpaired) electrons. The van der Waals surface area contributed by atoms with Gasteiger partial charge in [0.05, 0.1) is 0 Å². The number of rotatable bonds is 12. The average molecular weight is 449 g/mol. The van der Waals surface area contributed by atoms with Crippen LogP contribution >= 0.6 is 58.8 Å². The quantitative estimate of drug-likeness (QED) is 0.301. The van der Waals surface area contributed by atoms with Gasteiger partial charge in [0.25, 0.3) is 0 Å². The molecule has 3 unspecified atom stereocenters. The van der Waals surface area contributed by atoms with Crippen molar-refractivity contribution in [1.82, 2.24) is 0 Å². The highest BCUT2D eigenvalue weighted by molar-refractivity contribution is 8.06. The molecule has 3 saturated carbocycles. The minimum atomic E-state index is 0.923. The molecule has 0 aromatic heterocycles. The lowest BCUT2D eigenvalue weighted by atomic mass is 10.2. The van der Waals surface area contributed by atoms with Gasteiger partial charge in [-0.15, -0.1) is 0 Å². The summed E-state index contributed by atoms with van der Waals surface area (Å²) in [6.07, 6.45) is 12.0. The van der Waals surface area contributed by atoms with Crippen LogP contribution in [0.3, 0.4) is 0 Å². The summed E-state index contributed by atoms with van der Waals surface area (Å²) in [4.78, 5) is 0. The van der Waals surface area contributed by atoms with E-state index in [1.807, 2.05) is 0 Å². The van der Waals surface area contributed by atoms with Crippen molar-refractivity contribution in [3.63, 3.8) is 0 Å². The Balaban J connectivity index is 1.19. The Morgan fingerprint density at radius 1 is 0.654 bits per heavy atom. The Morgan fingerprint density at radius 2 is 1.31 bits per heavy atom. The standard InChI is InChI=1S/C21H36S5/c1-2-16(1)10-22-8-7-19-14-26-20(13-23-11-17-3-4-17)9-21(15-25-19)24-12-18-5-6-18/h16-21H,1-15H2. The summed E-state index contributed by atoms with van der Waals surface area (Å²) in [7, 11) is 0. The van der Waals surface area contributed by atoms with Crippen LogP contribution in [0.2, 0.25) is 0 Å². The van der Waals surface area contributed by atoms with Gasteiger partial charge in [-0.25, -0.2) is 0 Å². The summed E-state index contributed by atoms with van der Waals surface area (Å²) in [5.74, 6) is 13.3. The van der Waals surface area contributed by atoms with E-state index in [4.69, 9.17) is 0 Å². The van der Waals surface area contributed by atoms with Crippen molar-refractivity contribution in [1.29, 1.82) is 0 Å². The fourth-order valence-electron chi connectivity index (χ4n) is 3.32. The molecule has 3 aliphatic carbocycles. The predicted molar refractivity (Wildman–Crippen MR) is 131 cm³/mol. The predicted octanol–water partition coefficient (Wildman–Crippen LogP) is 6.78. The zero-order valence-electron chi connectivity index (χ0n) is 16.1. The molecule has 0 bridgehead atoms. The molecule has 1 heterocycles. The maximum Gasteiger partial charge on any atom is 0.0149 e. The van der Waals surface area contributed by atoms with Gasteiger partial charge in [0.2, 0.25) is 0 Å².